The van der Waals surface area contributed by atoms with Crippen LogP contribution in [0, 0.1) is 0 Å². The van der Waals surface area contributed by atoms with Gasteiger partial charge in [0.25, 0.3) is 0 Å². The molecule has 0 aromatic rings. The zero-order valence-corrected chi connectivity index (χ0v) is 6.83. The van der Waals surface area contributed by atoms with Crippen LogP contribution in [0.3, 0.4) is 0 Å². The summed E-state index contributed by atoms with van der Waals surface area (Å²) >= 11 is 0. The summed E-state index contributed by atoms with van der Waals surface area (Å²) in [5, 5.41) is 35.0. The van der Waals surface area contributed by atoms with Gasteiger partial charge in [-0.3, -0.25) is 0 Å². The molecule has 0 heterocycles. The van der Waals surface area contributed by atoms with Crippen LogP contribution in [0.25, 0.3) is 0 Å². The van der Waals surface area contributed by atoms with Gasteiger partial charge in [0.1, 0.15) is 12.2 Å². The number of hydrogen-bond donors (Lipinski definition) is 4. The second kappa shape index (κ2) is 5.65. The number of aliphatic hydroxyl groups is 4. The molecule has 13 heavy (non-hydrogen) atoms. The van der Waals surface area contributed by atoms with E-state index in [-0.39, 0.29) is 0 Å². The molecule has 0 aromatic carbocycles. The van der Waals surface area contributed by atoms with Gasteiger partial charge in [0.15, 0.2) is 0 Å². The summed E-state index contributed by atoms with van der Waals surface area (Å²) < 4.78 is 4.16. The molecule has 6 heteroatoms. The van der Waals surface area contributed by atoms with Crippen LogP contribution in [0.4, 0.5) is 0 Å². The molecule has 0 saturated carbocycles. The molecule has 1 unspecified atom stereocenters. The quantitative estimate of drug-likeness (QED) is 0.223. The fraction of sp³-hybridized carbons (Fsp3) is 0.571. The van der Waals surface area contributed by atoms with E-state index in [1.807, 2.05) is 0 Å². The highest BCUT2D eigenvalue weighted by molar-refractivity contribution is 5.81. The van der Waals surface area contributed by atoms with Crippen molar-refractivity contribution in [3.63, 3.8) is 0 Å². The minimum absolute atomic E-state index is 0.746. The van der Waals surface area contributed by atoms with Crippen molar-refractivity contribution in [2.24, 2.45) is 0 Å². The van der Waals surface area contributed by atoms with Crippen LogP contribution in [0.15, 0.2) is 12.7 Å². The van der Waals surface area contributed by atoms with Crippen molar-refractivity contribution >= 4 is 5.97 Å². The average molecular weight is 192 g/mol. The first-order valence-corrected chi connectivity index (χ1v) is 3.51. The molecular formula is C7H12O6. The summed E-state index contributed by atoms with van der Waals surface area (Å²) in [5.74, 6) is -0.934. The van der Waals surface area contributed by atoms with Gasteiger partial charge in [0, 0.05) is 6.08 Å². The lowest BCUT2D eigenvalue weighted by Gasteiger charge is -2.20. The largest absolute Gasteiger partial charge is 0.430 e. The van der Waals surface area contributed by atoms with Crippen LogP contribution in [-0.2, 0) is 9.53 Å². The van der Waals surface area contributed by atoms with Crippen molar-refractivity contribution in [1.29, 1.82) is 0 Å². The van der Waals surface area contributed by atoms with Gasteiger partial charge in [0.2, 0.25) is 6.29 Å². The maximum Gasteiger partial charge on any atom is 0.332 e. The molecule has 0 saturated heterocycles. The minimum atomic E-state index is -1.88. The normalized spacial score (nSPS) is 17.2. The van der Waals surface area contributed by atoms with E-state index in [9.17, 15) is 4.79 Å². The molecule has 0 rings (SSSR count). The molecule has 0 aliphatic rings. The Morgan fingerprint density at radius 3 is 2.38 bits per heavy atom. The first-order chi connectivity index (χ1) is 6.02. The zero-order valence-electron chi connectivity index (χ0n) is 6.83. The average Bonchev–Trinajstić information content (AvgIpc) is 2.14. The van der Waals surface area contributed by atoms with Gasteiger partial charge < -0.3 is 25.2 Å². The number of rotatable bonds is 5. The summed E-state index contributed by atoms with van der Waals surface area (Å²) in [6.45, 7) is 2.31. The lowest BCUT2D eigenvalue weighted by Crippen LogP contribution is -2.41. The number of hydrogen-bond acceptors (Lipinski definition) is 6. The van der Waals surface area contributed by atoms with Crippen molar-refractivity contribution in [2.75, 3.05) is 6.61 Å². The molecule has 0 amide bonds. The second-order valence-electron chi connectivity index (χ2n) is 2.27. The monoisotopic (exact) mass is 192 g/mol. The molecule has 4 N–H and O–H groups in total. The fourth-order valence-corrected chi connectivity index (χ4v) is 0.535. The maximum absolute atomic E-state index is 10.5. The van der Waals surface area contributed by atoms with E-state index in [0.717, 1.165) is 6.08 Å². The van der Waals surface area contributed by atoms with E-state index >= 15 is 0 Å². The molecule has 6 nitrogen and oxygen atoms in total. The Morgan fingerprint density at radius 2 is 2.00 bits per heavy atom. The summed E-state index contributed by atoms with van der Waals surface area (Å²) in [4.78, 5) is 10.5. The van der Waals surface area contributed by atoms with Crippen molar-refractivity contribution in [2.45, 2.75) is 18.5 Å². The minimum Gasteiger partial charge on any atom is -0.430 e. The van der Waals surface area contributed by atoms with Gasteiger partial charge >= 0.3 is 5.97 Å². The summed E-state index contributed by atoms with van der Waals surface area (Å²) in [7, 11) is 0. The van der Waals surface area contributed by atoms with E-state index in [4.69, 9.17) is 20.4 Å². The third-order valence-corrected chi connectivity index (χ3v) is 1.28. The number of carbonyl (C=O) groups is 1. The highest BCUT2D eigenvalue weighted by Gasteiger charge is 2.26. The second-order valence-corrected chi connectivity index (χ2v) is 2.27. The molecule has 0 radical (unpaired) electrons. The highest BCUT2D eigenvalue weighted by atomic mass is 16.6. The predicted octanol–water partition coefficient (Wildman–Crippen LogP) is -2.25. The Balaban J connectivity index is 4.02. The summed E-state index contributed by atoms with van der Waals surface area (Å²) in [6.07, 6.45) is -4.39. The molecule has 76 valence electrons. The Bertz CT molecular complexity index is 180. The standard InChI is InChI=1S/C7H12O6/c1-2-5(10)13-7(12)6(11)4(9)3-8/h2,4,6-9,11-12H,1,3H2/t4-,6+,7?/m1/s1. The fourth-order valence-electron chi connectivity index (χ4n) is 0.535. The first-order valence-electron chi connectivity index (χ1n) is 3.51. The van der Waals surface area contributed by atoms with E-state index in [1.54, 1.807) is 0 Å². The van der Waals surface area contributed by atoms with E-state index in [2.05, 4.69) is 11.3 Å². The molecule has 0 spiro atoms. The molecule has 3 atom stereocenters. The Labute approximate surface area is 74.7 Å². The van der Waals surface area contributed by atoms with E-state index in [1.165, 1.54) is 0 Å². The van der Waals surface area contributed by atoms with E-state index < -0.39 is 31.1 Å². The zero-order chi connectivity index (χ0) is 10.4. The van der Waals surface area contributed by atoms with Crippen molar-refractivity contribution in [3.05, 3.63) is 12.7 Å². The lowest BCUT2D eigenvalue weighted by atomic mass is 10.2. The van der Waals surface area contributed by atoms with Crippen LogP contribution in [0.1, 0.15) is 0 Å². The number of carbonyl (C=O) groups excluding carboxylic acids is 1. The lowest BCUT2D eigenvalue weighted by molar-refractivity contribution is -0.197. The van der Waals surface area contributed by atoms with Crippen molar-refractivity contribution in [1.82, 2.24) is 0 Å². The van der Waals surface area contributed by atoms with Gasteiger partial charge in [-0.2, -0.15) is 0 Å². The Kier molecular flexibility index (Phi) is 5.24. The van der Waals surface area contributed by atoms with Crippen LogP contribution in [-0.4, -0.2) is 51.5 Å². The maximum atomic E-state index is 10.5. The first kappa shape index (κ1) is 12.0. The SMILES string of the molecule is C=CC(=O)OC(O)[C@@H](O)[C@H](O)CO. The molecular weight excluding hydrogens is 180 g/mol. The van der Waals surface area contributed by atoms with Gasteiger partial charge in [-0.05, 0) is 0 Å². The van der Waals surface area contributed by atoms with Crippen molar-refractivity contribution < 1.29 is 30.0 Å². The highest BCUT2D eigenvalue weighted by Crippen LogP contribution is 2.01. The molecule has 0 aliphatic carbocycles. The van der Waals surface area contributed by atoms with Crippen LogP contribution in [0.2, 0.25) is 0 Å². The van der Waals surface area contributed by atoms with Gasteiger partial charge in [-0.25, -0.2) is 4.79 Å². The van der Waals surface area contributed by atoms with Gasteiger partial charge in [0.05, 0.1) is 6.61 Å². The van der Waals surface area contributed by atoms with Crippen LogP contribution in [0.5, 0.6) is 0 Å². The van der Waals surface area contributed by atoms with Gasteiger partial charge in [-0.15, -0.1) is 0 Å². The third kappa shape index (κ3) is 4.00. The molecule has 0 aliphatic heterocycles. The van der Waals surface area contributed by atoms with Crippen LogP contribution >= 0.6 is 0 Å². The van der Waals surface area contributed by atoms with E-state index in [0.29, 0.717) is 0 Å². The number of esters is 1. The Hall–Kier alpha value is -0.950. The smallest absolute Gasteiger partial charge is 0.332 e. The molecule has 0 bridgehead atoms. The summed E-state index contributed by atoms with van der Waals surface area (Å²) in [6, 6.07) is 0. The molecule has 0 fully saturated rings. The van der Waals surface area contributed by atoms with Crippen LogP contribution < -0.4 is 0 Å². The Morgan fingerprint density at radius 1 is 1.46 bits per heavy atom. The number of ether oxygens (including phenoxy) is 1. The predicted molar refractivity (Wildman–Crippen MR) is 41.4 cm³/mol. The topological polar surface area (TPSA) is 107 Å². The van der Waals surface area contributed by atoms with Gasteiger partial charge in [-0.1, -0.05) is 6.58 Å². The molecule has 0 aromatic heterocycles. The third-order valence-electron chi connectivity index (χ3n) is 1.28. The number of aliphatic hydroxyl groups excluding tert-OH is 4. The summed E-state index contributed by atoms with van der Waals surface area (Å²) in [5.41, 5.74) is 0. The van der Waals surface area contributed by atoms with Crippen molar-refractivity contribution in [3.8, 4) is 0 Å².